The van der Waals surface area contributed by atoms with E-state index in [9.17, 15) is 37.5 Å². The van der Waals surface area contributed by atoms with E-state index in [2.05, 4.69) is 0 Å². The van der Waals surface area contributed by atoms with Crippen LogP contribution in [0.15, 0.2) is 151 Å². The molecule has 2 aliphatic heterocycles. The number of esters is 2. The van der Waals surface area contributed by atoms with Crippen LogP contribution < -0.4 is 0 Å². The molecule has 10 rings (SSSR count). The number of carbonyl (C=O) groups excluding carboxylic acids is 6. The van der Waals surface area contributed by atoms with Crippen molar-refractivity contribution in [2.75, 3.05) is 13.1 Å². The van der Waals surface area contributed by atoms with Crippen molar-refractivity contribution in [2.45, 2.75) is 89.6 Å². The largest absolute Gasteiger partial charge is 0.459 e. The van der Waals surface area contributed by atoms with Gasteiger partial charge in [-0.15, -0.1) is 0 Å². The molecule has 6 aromatic rings. The van der Waals surface area contributed by atoms with E-state index in [1.165, 1.54) is 6.07 Å². The predicted octanol–water partition coefficient (Wildman–Crippen LogP) is 11.0. The molecule has 14 nitrogen and oxygen atoms in total. The molecule has 2 aliphatic carbocycles. The average Bonchev–Trinajstić information content (AvgIpc) is 4.20. The Morgan fingerprint density at radius 2 is 0.922 bits per heavy atom. The number of ether oxygens (including phenoxy) is 4. The van der Waals surface area contributed by atoms with Crippen LogP contribution in [0.5, 0.6) is 0 Å². The van der Waals surface area contributed by atoms with Crippen LogP contribution in [-0.4, -0.2) is 81.5 Å². The highest BCUT2D eigenvalue weighted by Gasteiger charge is 2.61. The maximum atomic E-state index is 15.7. The number of aliphatic imine (C=N–C) groups is 1. The Bertz CT molecular complexity index is 3230. The van der Waals surface area contributed by atoms with E-state index < -0.39 is 88.9 Å². The van der Waals surface area contributed by atoms with Gasteiger partial charge in [0.25, 0.3) is 11.8 Å². The molecule has 2 heterocycles. The summed E-state index contributed by atoms with van der Waals surface area (Å²) in [6.07, 6.45) is -1.48. The summed E-state index contributed by atoms with van der Waals surface area (Å²) in [4.78, 5) is 81.1. The van der Waals surface area contributed by atoms with Gasteiger partial charge in [-0.1, -0.05) is 121 Å². The van der Waals surface area contributed by atoms with Crippen LogP contribution in [0.2, 0.25) is 0 Å². The summed E-state index contributed by atoms with van der Waals surface area (Å²) in [6, 6.07) is 43.4. The standard InChI is InChI=1S/C30H27FN2O5.C17H17F2NO5.C13H11N/c1-29(2,3)37-24(34)18-33-27(35)30(38-28(33)36)15-14-21-16-22(17-23(31)25(21)30)32-26(19-10-6-4-7-11-19)20-12-8-5-9-13-20;1-16(2,3)24-12(21)8-20-14(22)17(25-15(20)23)5-4-9-6-10(18)7-11(19)13(9)17;14-13(11-7-3-1-4-8-11)12-9-5-2-6-10-12/h4-13,16-17H,14-15,18H2,1-3H3;6-7H,4-5,8H2,1-3H3;1-10,14H. The Hall–Kier alpha value is -8.73. The summed E-state index contributed by atoms with van der Waals surface area (Å²) < 4.78 is 64.3. The maximum Gasteiger partial charge on any atom is 0.418 e. The topological polar surface area (TPSA) is 182 Å². The minimum absolute atomic E-state index is 0.00189. The number of amides is 4. The Morgan fingerprint density at radius 1 is 0.558 bits per heavy atom. The van der Waals surface area contributed by atoms with Crippen molar-refractivity contribution < 1.29 is 60.9 Å². The first-order valence-corrected chi connectivity index (χ1v) is 24.7. The van der Waals surface area contributed by atoms with E-state index >= 15 is 4.39 Å². The number of nitrogens with zero attached hydrogens (tertiary/aromatic N) is 3. The van der Waals surface area contributed by atoms with Gasteiger partial charge in [-0.05, 0) is 94.8 Å². The second-order valence-corrected chi connectivity index (χ2v) is 20.5. The monoisotopic (exact) mass is 1050 g/mol. The number of imide groups is 2. The highest BCUT2D eigenvalue weighted by atomic mass is 19.1. The summed E-state index contributed by atoms with van der Waals surface area (Å²) in [5.41, 5.74) is 0.742. The highest BCUT2D eigenvalue weighted by molar-refractivity contribution is 6.14. The van der Waals surface area contributed by atoms with Crippen molar-refractivity contribution in [2.24, 2.45) is 4.99 Å². The third kappa shape index (κ3) is 11.9. The molecule has 6 aromatic carbocycles. The van der Waals surface area contributed by atoms with Crippen LogP contribution in [0, 0.1) is 22.9 Å². The van der Waals surface area contributed by atoms with E-state index in [4.69, 9.17) is 29.3 Å². The zero-order chi connectivity index (χ0) is 55.5. The fourth-order valence-corrected chi connectivity index (χ4v) is 9.51. The van der Waals surface area contributed by atoms with Crippen molar-refractivity contribution >= 4 is 53.1 Å². The highest BCUT2D eigenvalue weighted by Crippen LogP contribution is 2.49. The lowest BCUT2D eigenvalue weighted by atomic mass is 9.94. The van der Waals surface area contributed by atoms with Gasteiger partial charge >= 0.3 is 24.1 Å². The molecular formula is C60H55F3N4O10. The number of rotatable bonds is 9. The Balaban J connectivity index is 0.000000171. The van der Waals surface area contributed by atoms with Crippen LogP contribution in [-0.2, 0) is 62.2 Å². The minimum atomic E-state index is -1.84. The molecule has 2 atom stereocenters. The van der Waals surface area contributed by atoms with E-state index in [0.717, 1.165) is 28.3 Å². The SMILES string of the molecule is CC(C)(C)OC(=O)CN1C(=O)OC2(CCc3cc(F)cc(F)c32)C1=O.CC(C)(C)OC(=O)CN1C(=O)OC2(CCc3cc(N=C(c4ccccc4)c4ccccc4)cc(F)c32)C1=O.N=C(c1ccccc1)c1ccccc1. The number of fused-ring (bicyclic) bond motifs is 4. The van der Waals surface area contributed by atoms with Gasteiger partial charge in [0.2, 0.25) is 11.2 Å². The molecule has 4 amide bonds. The second-order valence-electron chi connectivity index (χ2n) is 20.5. The van der Waals surface area contributed by atoms with Gasteiger partial charge in [-0.3, -0.25) is 24.6 Å². The molecule has 77 heavy (non-hydrogen) atoms. The quantitative estimate of drug-likeness (QED) is 0.0831. The fourth-order valence-electron chi connectivity index (χ4n) is 9.51. The number of hydrogen-bond acceptors (Lipinski definition) is 12. The van der Waals surface area contributed by atoms with Crippen molar-refractivity contribution in [3.8, 4) is 0 Å². The van der Waals surface area contributed by atoms with Crippen LogP contribution in [0.4, 0.5) is 28.4 Å². The van der Waals surface area contributed by atoms with Gasteiger partial charge in [0.05, 0.1) is 17.1 Å². The number of hydrogen-bond donors (Lipinski definition) is 1. The number of nitrogens with one attached hydrogen (secondary N) is 1. The maximum absolute atomic E-state index is 15.7. The van der Waals surface area contributed by atoms with Gasteiger partial charge in [-0.25, -0.2) is 37.6 Å². The first kappa shape index (κ1) is 54.5. The Morgan fingerprint density at radius 3 is 1.31 bits per heavy atom. The van der Waals surface area contributed by atoms with Crippen LogP contribution >= 0.6 is 0 Å². The van der Waals surface area contributed by atoms with Crippen LogP contribution in [0.3, 0.4) is 0 Å². The first-order chi connectivity index (χ1) is 36.5. The van der Waals surface area contributed by atoms with Crippen molar-refractivity contribution in [3.63, 3.8) is 0 Å². The second kappa shape index (κ2) is 21.9. The zero-order valence-corrected chi connectivity index (χ0v) is 43.2. The van der Waals surface area contributed by atoms with Gasteiger partial charge in [0, 0.05) is 41.2 Å². The summed E-state index contributed by atoms with van der Waals surface area (Å²) in [5, 5.41) is 7.97. The summed E-state index contributed by atoms with van der Waals surface area (Å²) in [5.74, 6) is -5.56. The molecule has 2 spiro atoms. The molecule has 2 fully saturated rings. The molecule has 17 heteroatoms. The van der Waals surface area contributed by atoms with E-state index in [0.29, 0.717) is 45.0 Å². The molecule has 2 saturated heterocycles. The third-order valence-corrected chi connectivity index (χ3v) is 12.6. The Labute approximate surface area is 442 Å². The lowest BCUT2D eigenvalue weighted by Crippen LogP contribution is -2.41. The molecule has 0 bridgehead atoms. The lowest BCUT2D eigenvalue weighted by Gasteiger charge is -2.22. The summed E-state index contributed by atoms with van der Waals surface area (Å²) in [7, 11) is 0. The van der Waals surface area contributed by atoms with Gasteiger partial charge in [0.15, 0.2) is 0 Å². The normalized spacial score (nSPS) is 18.1. The molecule has 1 N–H and O–H groups in total. The van der Waals surface area contributed by atoms with Crippen molar-refractivity contribution in [3.05, 3.63) is 208 Å². The number of aryl methyl sites for hydroxylation is 2. The summed E-state index contributed by atoms with van der Waals surface area (Å²) >= 11 is 0. The minimum Gasteiger partial charge on any atom is -0.459 e. The molecule has 0 radical (unpaired) electrons. The molecule has 0 aromatic heterocycles. The molecule has 4 aliphatic rings. The number of carbonyl (C=O) groups is 6. The van der Waals surface area contributed by atoms with Gasteiger partial charge in [0.1, 0.15) is 41.7 Å². The smallest absolute Gasteiger partial charge is 0.418 e. The fraction of sp³-hybridized carbons (Fsp3) is 0.267. The van der Waals surface area contributed by atoms with E-state index in [1.54, 1.807) is 47.6 Å². The van der Waals surface area contributed by atoms with Crippen molar-refractivity contribution in [1.29, 1.82) is 5.41 Å². The molecule has 0 saturated carbocycles. The zero-order valence-electron chi connectivity index (χ0n) is 43.2. The Kier molecular flexibility index (Phi) is 15.5. The van der Waals surface area contributed by atoms with Crippen molar-refractivity contribution in [1.82, 2.24) is 9.80 Å². The van der Waals surface area contributed by atoms with E-state index in [1.807, 2.05) is 121 Å². The predicted molar refractivity (Wildman–Crippen MR) is 278 cm³/mol. The van der Waals surface area contributed by atoms with Gasteiger partial charge < -0.3 is 18.9 Å². The molecule has 2 unspecified atom stereocenters. The van der Waals surface area contributed by atoms with Crippen LogP contribution in [0.25, 0.3) is 0 Å². The first-order valence-electron chi connectivity index (χ1n) is 24.7. The van der Waals surface area contributed by atoms with E-state index in [-0.39, 0.29) is 36.0 Å². The average molecular weight is 1050 g/mol. The molecular weight excluding hydrogens is 994 g/mol. The van der Waals surface area contributed by atoms with Gasteiger partial charge in [-0.2, -0.15) is 0 Å². The molecule has 396 valence electrons. The third-order valence-electron chi connectivity index (χ3n) is 12.6. The lowest BCUT2D eigenvalue weighted by molar-refractivity contribution is -0.158. The number of halogens is 3. The number of benzene rings is 6. The van der Waals surface area contributed by atoms with Crippen LogP contribution in [0.1, 0.15) is 98.9 Å². The summed E-state index contributed by atoms with van der Waals surface area (Å²) in [6.45, 7) is 8.75.